The van der Waals surface area contributed by atoms with Gasteiger partial charge >= 0.3 is 0 Å². The van der Waals surface area contributed by atoms with Crippen LogP contribution in [-0.2, 0) is 13.0 Å². The lowest BCUT2D eigenvalue weighted by Gasteiger charge is -2.12. The van der Waals surface area contributed by atoms with Gasteiger partial charge in [0.2, 0.25) is 6.79 Å². The van der Waals surface area contributed by atoms with Gasteiger partial charge in [-0.3, -0.25) is 4.99 Å². The molecule has 5 nitrogen and oxygen atoms in total. The van der Waals surface area contributed by atoms with Gasteiger partial charge in [-0.25, -0.2) is 0 Å². The molecule has 2 aromatic carbocycles. The summed E-state index contributed by atoms with van der Waals surface area (Å²) in [6.07, 6.45) is 0.891. The standard InChI is InChI=1S/C19H23N3O2.HI/c1-14-3-5-16(6-4-14)12-22-19(20-2)21-10-9-15-7-8-17-18(11-15)24-13-23-17;/h3-8,11H,9-10,12-13H2,1-2H3,(H2,20,21,22);1H. The number of benzene rings is 2. The van der Waals surface area contributed by atoms with E-state index in [-0.39, 0.29) is 24.0 Å². The topological polar surface area (TPSA) is 54.9 Å². The Labute approximate surface area is 165 Å². The highest BCUT2D eigenvalue weighted by Crippen LogP contribution is 2.32. The van der Waals surface area contributed by atoms with Crippen LogP contribution < -0.4 is 20.1 Å². The average molecular weight is 453 g/mol. The minimum absolute atomic E-state index is 0. The molecule has 6 heteroatoms. The summed E-state index contributed by atoms with van der Waals surface area (Å²) in [5, 5.41) is 6.66. The molecule has 0 bridgehead atoms. The second kappa shape index (κ2) is 9.50. The van der Waals surface area contributed by atoms with Crippen molar-refractivity contribution in [3.8, 4) is 11.5 Å². The van der Waals surface area contributed by atoms with E-state index in [1.807, 2.05) is 12.1 Å². The number of nitrogens with zero attached hydrogens (tertiary/aromatic N) is 1. The SMILES string of the molecule is CN=C(NCCc1ccc2c(c1)OCO2)NCc1ccc(C)cc1.I. The van der Waals surface area contributed by atoms with Crippen LogP contribution in [0.3, 0.4) is 0 Å². The van der Waals surface area contributed by atoms with Crippen molar-refractivity contribution in [3.63, 3.8) is 0 Å². The number of hydrogen-bond donors (Lipinski definition) is 2. The number of guanidine groups is 1. The molecule has 0 aliphatic carbocycles. The molecule has 0 radical (unpaired) electrons. The average Bonchev–Trinajstić information content (AvgIpc) is 3.07. The fraction of sp³-hybridized carbons (Fsp3) is 0.316. The van der Waals surface area contributed by atoms with Crippen molar-refractivity contribution in [2.45, 2.75) is 19.9 Å². The molecule has 0 amide bonds. The van der Waals surface area contributed by atoms with Crippen LogP contribution in [0.1, 0.15) is 16.7 Å². The van der Waals surface area contributed by atoms with Crippen molar-refractivity contribution in [2.24, 2.45) is 4.99 Å². The van der Waals surface area contributed by atoms with E-state index in [1.165, 1.54) is 16.7 Å². The molecule has 25 heavy (non-hydrogen) atoms. The molecule has 1 aliphatic rings. The molecule has 0 atom stereocenters. The molecular weight excluding hydrogens is 429 g/mol. The van der Waals surface area contributed by atoms with Gasteiger partial charge < -0.3 is 20.1 Å². The van der Waals surface area contributed by atoms with Crippen LogP contribution in [0.4, 0.5) is 0 Å². The molecule has 3 rings (SSSR count). The molecule has 0 fully saturated rings. The summed E-state index contributed by atoms with van der Waals surface area (Å²) in [4.78, 5) is 4.26. The fourth-order valence-electron chi connectivity index (χ4n) is 2.53. The van der Waals surface area contributed by atoms with Gasteiger partial charge in [0.1, 0.15) is 0 Å². The summed E-state index contributed by atoms with van der Waals surface area (Å²) in [7, 11) is 1.78. The van der Waals surface area contributed by atoms with Crippen LogP contribution in [0.5, 0.6) is 11.5 Å². The second-order valence-corrected chi connectivity index (χ2v) is 5.78. The first-order valence-electron chi connectivity index (χ1n) is 8.13. The third kappa shape index (κ3) is 5.52. The summed E-state index contributed by atoms with van der Waals surface area (Å²) < 4.78 is 10.7. The molecule has 1 aliphatic heterocycles. The van der Waals surface area contributed by atoms with E-state index in [0.717, 1.165) is 37.0 Å². The Morgan fingerprint density at radius 3 is 2.48 bits per heavy atom. The Morgan fingerprint density at radius 2 is 1.72 bits per heavy atom. The van der Waals surface area contributed by atoms with E-state index in [9.17, 15) is 0 Å². The molecule has 2 N–H and O–H groups in total. The van der Waals surface area contributed by atoms with Gasteiger partial charge in [-0.1, -0.05) is 35.9 Å². The summed E-state index contributed by atoms with van der Waals surface area (Å²) in [5.74, 6) is 2.45. The third-order valence-corrected chi connectivity index (χ3v) is 3.95. The number of fused-ring (bicyclic) bond motifs is 1. The van der Waals surface area contributed by atoms with Crippen molar-refractivity contribution >= 4 is 29.9 Å². The first-order valence-corrected chi connectivity index (χ1v) is 8.13. The van der Waals surface area contributed by atoms with E-state index >= 15 is 0 Å². The van der Waals surface area contributed by atoms with Crippen LogP contribution in [-0.4, -0.2) is 26.3 Å². The van der Waals surface area contributed by atoms with E-state index in [4.69, 9.17) is 9.47 Å². The van der Waals surface area contributed by atoms with Crippen LogP contribution >= 0.6 is 24.0 Å². The van der Waals surface area contributed by atoms with Gasteiger partial charge in [0.25, 0.3) is 0 Å². The summed E-state index contributed by atoms with van der Waals surface area (Å²) in [6.45, 7) is 3.96. The molecule has 0 unspecified atom stereocenters. The first-order chi connectivity index (χ1) is 11.7. The lowest BCUT2D eigenvalue weighted by atomic mass is 10.1. The summed E-state index contributed by atoms with van der Waals surface area (Å²) in [5.41, 5.74) is 3.71. The molecule has 134 valence electrons. The van der Waals surface area contributed by atoms with Gasteiger partial charge in [0, 0.05) is 20.1 Å². The van der Waals surface area contributed by atoms with Gasteiger partial charge in [-0.05, 0) is 36.6 Å². The van der Waals surface area contributed by atoms with E-state index in [0.29, 0.717) is 6.79 Å². The molecule has 1 heterocycles. The minimum atomic E-state index is 0. The number of aryl methyl sites for hydroxylation is 1. The largest absolute Gasteiger partial charge is 0.454 e. The fourth-order valence-corrected chi connectivity index (χ4v) is 2.53. The van der Waals surface area contributed by atoms with Crippen molar-refractivity contribution in [1.29, 1.82) is 0 Å². The molecule has 0 saturated carbocycles. The van der Waals surface area contributed by atoms with E-state index < -0.39 is 0 Å². The lowest BCUT2D eigenvalue weighted by Crippen LogP contribution is -2.37. The Balaban J connectivity index is 0.00000225. The van der Waals surface area contributed by atoms with Gasteiger partial charge in [-0.2, -0.15) is 0 Å². The summed E-state index contributed by atoms with van der Waals surface area (Å²) in [6, 6.07) is 14.6. The van der Waals surface area contributed by atoms with Crippen LogP contribution in [0.2, 0.25) is 0 Å². The predicted molar refractivity (Wildman–Crippen MR) is 111 cm³/mol. The number of ether oxygens (including phenoxy) is 2. The number of rotatable bonds is 5. The van der Waals surface area contributed by atoms with Crippen LogP contribution in [0, 0.1) is 6.92 Å². The normalized spacial score (nSPS) is 12.5. The number of aliphatic imine (C=N–C) groups is 1. The molecule has 0 saturated heterocycles. The maximum atomic E-state index is 5.40. The molecular formula is C19H24IN3O2. The van der Waals surface area contributed by atoms with Crippen molar-refractivity contribution in [2.75, 3.05) is 20.4 Å². The van der Waals surface area contributed by atoms with Crippen molar-refractivity contribution < 1.29 is 9.47 Å². The zero-order valence-electron chi connectivity index (χ0n) is 14.5. The molecule has 2 aromatic rings. The lowest BCUT2D eigenvalue weighted by molar-refractivity contribution is 0.174. The molecule has 0 aromatic heterocycles. The monoisotopic (exact) mass is 453 g/mol. The third-order valence-electron chi connectivity index (χ3n) is 3.95. The predicted octanol–water partition coefficient (Wildman–Crippen LogP) is 3.25. The Kier molecular flexibility index (Phi) is 7.36. The van der Waals surface area contributed by atoms with Crippen molar-refractivity contribution in [3.05, 3.63) is 59.2 Å². The van der Waals surface area contributed by atoms with Crippen LogP contribution in [0.25, 0.3) is 0 Å². The van der Waals surface area contributed by atoms with E-state index in [1.54, 1.807) is 7.05 Å². The minimum Gasteiger partial charge on any atom is -0.454 e. The highest BCUT2D eigenvalue weighted by molar-refractivity contribution is 14.0. The maximum absolute atomic E-state index is 5.40. The van der Waals surface area contributed by atoms with Crippen LogP contribution in [0.15, 0.2) is 47.5 Å². The zero-order chi connectivity index (χ0) is 16.8. The van der Waals surface area contributed by atoms with Gasteiger partial charge in [-0.15, -0.1) is 24.0 Å². The number of halogens is 1. The van der Waals surface area contributed by atoms with E-state index in [2.05, 4.69) is 52.9 Å². The Bertz CT molecular complexity index is 717. The van der Waals surface area contributed by atoms with Gasteiger partial charge in [0.05, 0.1) is 0 Å². The maximum Gasteiger partial charge on any atom is 0.231 e. The number of nitrogens with one attached hydrogen (secondary N) is 2. The van der Waals surface area contributed by atoms with Crippen molar-refractivity contribution in [1.82, 2.24) is 10.6 Å². The quantitative estimate of drug-likeness (QED) is 0.415. The highest BCUT2D eigenvalue weighted by Gasteiger charge is 2.12. The summed E-state index contributed by atoms with van der Waals surface area (Å²) >= 11 is 0. The van der Waals surface area contributed by atoms with Gasteiger partial charge in [0.15, 0.2) is 17.5 Å². The Morgan fingerprint density at radius 1 is 1.00 bits per heavy atom. The Hall–Kier alpha value is -1.96. The number of hydrogen-bond acceptors (Lipinski definition) is 3. The second-order valence-electron chi connectivity index (χ2n) is 5.78. The molecule has 0 spiro atoms. The first kappa shape index (κ1) is 19.4. The zero-order valence-corrected chi connectivity index (χ0v) is 16.9. The highest BCUT2D eigenvalue weighted by atomic mass is 127. The smallest absolute Gasteiger partial charge is 0.231 e.